The van der Waals surface area contributed by atoms with Gasteiger partial charge in [0.05, 0.1) is 15.9 Å². The molecule has 0 aliphatic rings. The molecule has 1 rings (SSSR count). The molecule has 0 atom stereocenters. The Balaban J connectivity index is 2.62. The van der Waals surface area contributed by atoms with E-state index in [1.54, 1.807) is 0 Å². The molecule has 4 nitrogen and oxygen atoms in total. The van der Waals surface area contributed by atoms with Gasteiger partial charge in [-0.3, -0.25) is 4.72 Å². The normalized spacial score (nSPS) is 11.8. The lowest BCUT2D eigenvalue weighted by Crippen LogP contribution is -2.30. The second kappa shape index (κ2) is 6.49. The maximum atomic E-state index is 13.2. The van der Waals surface area contributed by atoms with Crippen molar-refractivity contribution in [1.82, 2.24) is 5.32 Å². The number of anilines is 1. The number of benzene rings is 1. The molecule has 7 heteroatoms. The highest BCUT2D eigenvalue weighted by atomic mass is 79.9. The molecule has 0 bridgehead atoms. The molecule has 18 heavy (non-hydrogen) atoms. The van der Waals surface area contributed by atoms with Gasteiger partial charge in [0, 0.05) is 12.6 Å². The first kappa shape index (κ1) is 15.4. The van der Waals surface area contributed by atoms with Crippen molar-refractivity contribution in [2.24, 2.45) is 0 Å². The summed E-state index contributed by atoms with van der Waals surface area (Å²) in [5, 5.41) is 3.01. The third-order valence-corrected chi connectivity index (χ3v) is 4.05. The Labute approximate surface area is 115 Å². The van der Waals surface area contributed by atoms with Gasteiger partial charge in [-0.25, -0.2) is 12.8 Å². The topological polar surface area (TPSA) is 58.2 Å². The fraction of sp³-hybridized carbons (Fsp3) is 0.455. The van der Waals surface area contributed by atoms with E-state index < -0.39 is 15.8 Å². The molecule has 1 aromatic rings. The number of nitrogens with one attached hydrogen (secondary N) is 2. The van der Waals surface area contributed by atoms with E-state index >= 15 is 0 Å². The smallest absolute Gasteiger partial charge is 0.233 e. The lowest BCUT2D eigenvalue weighted by atomic mass is 10.3. The zero-order valence-electron chi connectivity index (χ0n) is 10.2. The summed E-state index contributed by atoms with van der Waals surface area (Å²) >= 11 is 3.00. The van der Waals surface area contributed by atoms with Crippen LogP contribution in [0, 0.1) is 5.82 Å². The molecule has 0 heterocycles. The van der Waals surface area contributed by atoms with E-state index in [2.05, 4.69) is 26.0 Å². The van der Waals surface area contributed by atoms with Gasteiger partial charge in [-0.1, -0.05) is 13.8 Å². The van der Waals surface area contributed by atoms with Crippen LogP contribution in [0.15, 0.2) is 22.7 Å². The number of sulfonamides is 1. The first-order valence-electron chi connectivity index (χ1n) is 5.49. The summed E-state index contributed by atoms with van der Waals surface area (Å²) < 4.78 is 39.2. The van der Waals surface area contributed by atoms with Crippen molar-refractivity contribution in [2.45, 2.75) is 19.9 Å². The fourth-order valence-corrected chi connectivity index (χ4v) is 2.49. The third-order valence-electron chi connectivity index (χ3n) is 2.12. The molecule has 0 spiro atoms. The Morgan fingerprint density at radius 1 is 1.39 bits per heavy atom. The van der Waals surface area contributed by atoms with Gasteiger partial charge in [0.15, 0.2) is 0 Å². The Hall–Kier alpha value is -0.660. The predicted molar refractivity (Wildman–Crippen MR) is 74.6 cm³/mol. The van der Waals surface area contributed by atoms with Crippen molar-refractivity contribution in [1.29, 1.82) is 0 Å². The van der Waals surface area contributed by atoms with Crippen LogP contribution in [0.1, 0.15) is 13.8 Å². The number of halogens is 2. The zero-order valence-corrected chi connectivity index (χ0v) is 12.6. The molecule has 2 N–H and O–H groups in total. The highest BCUT2D eigenvalue weighted by Gasteiger charge is 2.11. The Morgan fingerprint density at radius 2 is 2.06 bits per heavy atom. The standard InChI is InChI=1S/C11H16BrFN2O2S/c1-8(2)14-5-6-18(16,17)15-9-3-4-10(12)11(13)7-9/h3-4,7-8,14-15H,5-6H2,1-2H3. The maximum Gasteiger partial charge on any atom is 0.233 e. The molecule has 102 valence electrons. The molecule has 0 saturated carbocycles. The lowest BCUT2D eigenvalue weighted by molar-refractivity contribution is 0.582. The Bertz CT molecular complexity index is 506. The molecule has 1 aromatic carbocycles. The molecular weight excluding hydrogens is 323 g/mol. The van der Waals surface area contributed by atoms with E-state index in [4.69, 9.17) is 0 Å². The molecule has 0 saturated heterocycles. The van der Waals surface area contributed by atoms with Crippen LogP contribution in [-0.4, -0.2) is 26.8 Å². The van der Waals surface area contributed by atoms with Crippen LogP contribution in [0.4, 0.5) is 10.1 Å². The first-order chi connectivity index (χ1) is 8.30. The second-order valence-electron chi connectivity index (χ2n) is 4.16. The second-order valence-corrected chi connectivity index (χ2v) is 6.85. The largest absolute Gasteiger partial charge is 0.313 e. The molecule has 0 aliphatic heterocycles. The zero-order chi connectivity index (χ0) is 13.8. The number of hydrogen-bond donors (Lipinski definition) is 2. The van der Waals surface area contributed by atoms with E-state index in [0.29, 0.717) is 11.0 Å². The molecule has 0 unspecified atom stereocenters. The van der Waals surface area contributed by atoms with E-state index in [1.165, 1.54) is 12.1 Å². The van der Waals surface area contributed by atoms with Crippen LogP contribution in [0.25, 0.3) is 0 Å². The van der Waals surface area contributed by atoms with Crippen molar-refractivity contribution >= 4 is 31.6 Å². The third kappa shape index (κ3) is 5.32. The minimum absolute atomic E-state index is 0.0527. The Morgan fingerprint density at radius 3 is 2.61 bits per heavy atom. The summed E-state index contributed by atoms with van der Waals surface area (Å²) in [5.41, 5.74) is 0.222. The molecular formula is C11H16BrFN2O2S. The van der Waals surface area contributed by atoms with Crippen LogP contribution in [0.5, 0.6) is 0 Å². The van der Waals surface area contributed by atoms with Gasteiger partial charge in [0.1, 0.15) is 5.82 Å². The van der Waals surface area contributed by atoms with E-state index in [0.717, 1.165) is 6.07 Å². The van der Waals surface area contributed by atoms with Gasteiger partial charge in [0.2, 0.25) is 10.0 Å². The van der Waals surface area contributed by atoms with Gasteiger partial charge in [-0.05, 0) is 34.1 Å². The van der Waals surface area contributed by atoms with Crippen LogP contribution in [-0.2, 0) is 10.0 Å². The van der Waals surface area contributed by atoms with Crippen LogP contribution in [0.2, 0.25) is 0 Å². The predicted octanol–water partition coefficient (Wildman–Crippen LogP) is 2.33. The monoisotopic (exact) mass is 338 g/mol. The molecule has 0 amide bonds. The van der Waals surface area contributed by atoms with Gasteiger partial charge in [0.25, 0.3) is 0 Å². The van der Waals surface area contributed by atoms with Crippen molar-refractivity contribution in [3.8, 4) is 0 Å². The number of rotatable bonds is 6. The van der Waals surface area contributed by atoms with Gasteiger partial charge >= 0.3 is 0 Å². The highest BCUT2D eigenvalue weighted by Crippen LogP contribution is 2.19. The van der Waals surface area contributed by atoms with Crippen LogP contribution >= 0.6 is 15.9 Å². The number of hydrogen-bond acceptors (Lipinski definition) is 3. The van der Waals surface area contributed by atoms with Crippen molar-refractivity contribution in [3.05, 3.63) is 28.5 Å². The van der Waals surface area contributed by atoms with E-state index in [9.17, 15) is 12.8 Å². The average molecular weight is 339 g/mol. The van der Waals surface area contributed by atoms with Crippen molar-refractivity contribution in [3.63, 3.8) is 0 Å². The molecule has 0 aliphatic carbocycles. The minimum Gasteiger partial charge on any atom is -0.313 e. The first-order valence-corrected chi connectivity index (χ1v) is 7.93. The minimum atomic E-state index is -3.45. The summed E-state index contributed by atoms with van der Waals surface area (Å²) in [6.07, 6.45) is 0. The van der Waals surface area contributed by atoms with E-state index in [-0.39, 0.29) is 17.5 Å². The van der Waals surface area contributed by atoms with Crippen molar-refractivity contribution < 1.29 is 12.8 Å². The fourth-order valence-electron chi connectivity index (χ4n) is 1.27. The van der Waals surface area contributed by atoms with Crippen LogP contribution in [0.3, 0.4) is 0 Å². The van der Waals surface area contributed by atoms with Crippen molar-refractivity contribution in [2.75, 3.05) is 17.0 Å². The SMILES string of the molecule is CC(C)NCCS(=O)(=O)Nc1ccc(Br)c(F)c1. The van der Waals surface area contributed by atoms with Gasteiger partial charge in [-0.2, -0.15) is 0 Å². The van der Waals surface area contributed by atoms with E-state index in [1.807, 2.05) is 13.8 Å². The van der Waals surface area contributed by atoms with Gasteiger partial charge in [-0.15, -0.1) is 0 Å². The quantitative estimate of drug-likeness (QED) is 0.836. The maximum absolute atomic E-state index is 13.2. The summed E-state index contributed by atoms with van der Waals surface area (Å²) in [6, 6.07) is 4.32. The van der Waals surface area contributed by atoms with Crippen LogP contribution < -0.4 is 10.0 Å². The highest BCUT2D eigenvalue weighted by molar-refractivity contribution is 9.10. The summed E-state index contributed by atoms with van der Waals surface area (Å²) in [7, 11) is -3.45. The summed E-state index contributed by atoms with van der Waals surface area (Å²) in [5.74, 6) is -0.557. The lowest BCUT2D eigenvalue weighted by Gasteiger charge is -2.10. The molecule has 0 radical (unpaired) electrons. The Kier molecular flexibility index (Phi) is 5.55. The summed E-state index contributed by atoms with van der Waals surface area (Å²) in [4.78, 5) is 0. The van der Waals surface area contributed by atoms with Gasteiger partial charge < -0.3 is 5.32 Å². The average Bonchev–Trinajstić information content (AvgIpc) is 2.22. The molecule has 0 fully saturated rings. The summed E-state index contributed by atoms with van der Waals surface area (Å²) in [6.45, 7) is 4.22. The molecule has 0 aromatic heterocycles.